The Balaban J connectivity index is 1.59. The third kappa shape index (κ3) is 4.82. The Kier molecular flexibility index (Phi) is 6.31. The van der Waals surface area contributed by atoms with Gasteiger partial charge in [-0.25, -0.2) is 0 Å². The molecule has 1 heterocycles. The molecule has 3 aromatic carbocycles. The fourth-order valence-electron chi connectivity index (χ4n) is 3.34. The Bertz CT molecular complexity index is 1290. The molecule has 0 aliphatic carbocycles. The van der Waals surface area contributed by atoms with Crippen LogP contribution in [0.1, 0.15) is 23.0 Å². The Morgan fingerprint density at radius 3 is 2.27 bits per heavy atom. The molecule has 4 rings (SSSR count). The van der Waals surface area contributed by atoms with Crippen LogP contribution in [0.5, 0.6) is 11.5 Å². The zero-order chi connectivity index (χ0) is 23.4. The van der Waals surface area contributed by atoms with Crippen LogP contribution in [-0.4, -0.2) is 25.0 Å². The molecule has 1 atom stereocenters. The van der Waals surface area contributed by atoms with Crippen LogP contribution in [0.15, 0.2) is 77.2 Å². The quantitative estimate of drug-likeness (QED) is 0.398. The maximum absolute atomic E-state index is 13.0. The highest BCUT2D eigenvalue weighted by atomic mass is 16.5. The Morgan fingerprint density at radius 1 is 0.879 bits per heavy atom. The van der Waals surface area contributed by atoms with E-state index in [1.807, 2.05) is 31.2 Å². The summed E-state index contributed by atoms with van der Waals surface area (Å²) >= 11 is 0. The van der Waals surface area contributed by atoms with Crippen LogP contribution >= 0.6 is 0 Å². The van der Waals surface area contributed by atoms with Gasteiger partial charge in [0.2, 0.25) is 5.76 Å². The smallest absolute Gasteiger partial charge is 0.293 e. The van der Waals surface area contributed by atoms with Crippen LogP contribution < -0.4 is 20.1 Å². The van der Waals surface area contributed by atoms with Gasteiger partial charge in [-0.05, 0) is 50.2 Å². The van der Waals surface area contributed by atoms with Gasteiger partial charge in [-0.2, -0.15) is 0 Å². The van der Waals surface area contributed by atoms with E-state index in [4.69, 9.17) is 13.9 Å². The summed E-state index contributed by atoms with van der Waals surface area (Å²) in [7, 11) is 1.53. The molecule has 0 saturated carbocycles. The minimum atomic E-state index is -0.858. The van der Waals surface area contributed by atoms with E-state index in [0.717, 1.165) is 5.56 Å². The molecule has 0 aliphatic heterocycles. The van der Waals surface area contributed by atoms with Crippen LogP contribution in [0.25, 0.3) is 11.0 Å². The lowest BCUT2D eigenvalue weighted by atomic mass is 10.2. The summed E-state index contributed by atoms with van der Waals surface area (Å²) in [5, 5.41) is 6.24. The van der Waals surface area contributed by atoms with Gasteiger partial charge in [0.1, 0.15) is 11.3 Å². The number of ether oxygens (including phenoxy) is 2. The largest absolute Gasteiger partial charge is 0.493 e. The molecule has 0 spiro atoms. The fourth-order valence-corrected chi connectivity index (χ4v) is 3.34. The van der Waals surface area contributed by atoms with Crippen molar-refractivity contribution in [3.8, 4) is 11.5 Å². The lowest BCUT2D eigenvalue weighted by molar-refractivity contribution is -0.122. The van der Waals surface area contributed by atoms with Crippen molar-refractivity contribution in [2.45, 2.75) is 20.0 Å². The first-order chi connectivity index (χ1) is 16.0. The predicted molar refractivity (Wildman–Crippen MR) is 127 cm³/mol. The minimum Gasteiger partial charge on any atom is -0.493 e. The summed E-state index contributed by atoms with van der Waals surface area (Å²) in [6.45, 7) is 3.59. The van der Waals surface area contributed by atoms with Crippen molar-refractivity contribution in [3.63, 3.8) is 0 Å². The summed E-state index contributed by atoms with van der Waals surface area (Å²) in [5.41, 5.74) is 2.47. The molecular weight excluding hydrogens is 420 g/mol. The number of rotatable bonds is 7. The number of fused-ring (bicyclic) bond motifs is 1. The molecule has 33 heavy (non-hydrogen) atoms. The summed E-state index contributed by atoms with van der Waals surface area (Å²) in [4.78, 5) is 26.0. The summed E-state index contributed by atoms with van der Waals surface area (Å²) in [6, 6.07) is 21.6. The van der Waals surface area contributed by atoms with E-state index in [2.05, 4.69) is 10.6 Å². The molecule has 0 aliphatic rings. The monoisotopic (exact) mass is 444 g/mol. The van der Waals surface area contributed by atoms with Crippen LogP contribution in [0, 0.1) is 6.92 Å². The average molecular weight is 444 g/mol. The topological polar surface area (TPSA) is 89.8 Å². The zero-order valence-electron chi connectivity index (χ0n) is 18.5. The van der Waals surface area contributed by atoms with Gasteiger partial charge in [0.05, 0.1) is 7.11 Å². The first kappa shape index (κ1) is 22.0. The van der Waals surface area contributed by atoms with Gasteiger partial charge in [-0.1, -0.05) is 42.0 Å². The van der Waals surface area contributed by atoms with E-state index in [1.54, 1.807) is 55.5 Å². The van der Waals surface area contributed by atoms with Gasteiger partial charge in [0.15, 0.2) is 17.6 Å². The van der Waals surface area contributed by atoms with Gasteiger partial charge in [0.25, 0.3) is 11.8 Å². The molecule has 1 unspecified atom stereocenters. The third-order valence-corrected chi connectivity index (χ3v) is 5.10. The maximum atomic E-state index is 13.0. The van der Waals surface area contributed by atoms with E-state index in [0.29, 0.717) is 28.2 Å². The average Bonchev–Trinajstić information content (AvgIpc) is 3.19. The number of para-hydroxylation sites is 3. The third-order valence-electron chi connectivity index (χ3n) is 5.10. The molecule has 1 aromatic heterocycles. The standard InChI is InChI=1S/C26H24N2O5/c1-16-12-14-18(15-13-16)27-26(30)24-23(19-8-4-5-9-20(19)33-24)28-25(29)17(2)32-22-11-7-6-10-21(22)31-3/h4-15,17H,1-3H3,(H,27,30)(H,28,29). The van der Waals surface area contributed by atoms with E-state index in [-0.39, 0.29) is 11.4 Å². The number of hydrogen-bond donors (Lipinski definition) is 2. The number of methoxy groups -OCH3 is 1. The molecule has 0 fully saturated rings. The van der Waals surface area contributed by atoms with Crippen LogP contribution in [0.2, 0.25) is 0 Å². The summed E-state index contributed by atoms with van der Waals surface area (Å²) in [6.07, 6.45) is -0.858. The first-order valence-electron chi connectivity index (χ1n) is 10.5. The molecular formula is C26H24N2O5. The van der Waals surface area contributed by atoms with Crippen molar-refractivity contribution >= 4 is 34.2 Å². The van der Waals surface area contributed by atoms with Crippen molar-refractivity contribution in [1.29, 1.82) is 0 Å². The number of nitrogens with one attached hydrogen (secondary N) is 2. The van der Waals surface area contributed by atoms with Crippen molar-refractivity contribution in [2.24, 2.45) is 0 Å². The lowest BCUT2D eigenvalue weighted by Gasteiger charge is -2.16. The predicted octanol–water partition coefficient (Wildman–Crippen LogP) is 5.41. The van der Waals surface area contributed by atoms with E-state index in [1.165, 1.54) is 7.11 Å². The second kappa shape index (κ2) is 9.48. The van der Waals surface area contributed by atoms with Gasteiger partial charge in [0, 0.05) is 11.1 Å². The van der Waals surface area contributed by atoms with Crippen molar-refractivity contribution in [3.05, 3.63) is 84.1 Å². The normalized spacial score (nSPS) is 11.6. The first-order valence-corrected chi connectivity index (χ1v) is 10.5. The summed E-state index contributed by atoms with van der Waals surface area (Å²) in [5.74, 6) is 0.0660. The van der Waals surface area contributed by atoms with E-state index >= 15 is 0 Å². The minimum absolute atomic E-state index is 0.00890. The number of amides is 2. The van der Waals surface area contributed by atoms with Gasteiger partial charge in [-0.15, -0.1) is 0 Å². The number of carbonyl (C=O) groups is 2. The zero-order valence-corrected chi connectivity index (χ0v) is 18.5. The number of furan rings is 1. The van der Waals surface area contributed by atoms with Crippen LogP contribution in [0.3, 0.4) is 0 Å². The van der Waals surface area contributed by atoms with Gasteiger partial charge in [-0.3, -0.25) is 9.59 Å². The fraction of sp³-hybridized carbons (Fsp3) is 0.154. The molecule has 4 aromatic rings. The second-order valence-corrected chi connectivity index (χ2v) is 7.52. The molecule has 7 heteroatoms. The van der Waals surface area contributed by atoms with Gasteiger partial charge >= 0.3 is 0 Å². The highest BCUT2D eigenvalue weighted by molar-refractivity contribution is 6.15. The highest BCUT2D eigenvalue weighted by Gasteiger charge is 2.25. The van der Waals surface area contributed by atoms with Crippen molar-refractivity contribution < 1.29 is 23.5 Å². The summed E-state index contributed by atoms with van der Waals surface area (Å²) < 4.78 is 16.9. The number of aryl methyl sites for hydroxylation is 1. The van der Waals surface area contributed by atoms with Crippen LogP contribution in [-0.2, 0) is 4.79 Å². The van der Waals surface area contributed by atoms with Crippen molar-refractivity contribution in [2.75, 3.05) is 17.7 Å². The molecule has 7 nitrogen and oxygen atoms in total. The van der Waals surface area contributed by atoms with E-state index < -0.39 is 17.9 Å². The van der Waals surface area contributed by atoms with Gasteiger partial charge < -0.3 is 24.5 Å². The molecule has 0 saturated heterocycles. The molecule has 168 valence electrons. The second-order valence-electron chi connectivity index (χ2n) is 7.52. The van der Waals surface area contributed by atoms with Crippen molar-refractivity contribution in [1.82, 2.24) is 0 Å². The molecule has 2 N–H and O–H groups in total. The molecule has 0 bridgehead atoms. The number of benzene rings is 3. The number of hydrogen-bond acceptors (Lipinski definition) is 5. The molecule has 2 amide bonds. The Morgan fingerprint density at radius 2 is 1.55 bits per heavy atom. The highest BCUT2D eigenvalue weighted by Crippen LogP contribution is 2.32. The maximum Gasteiger partial charge on any atom is 0.293 e. The number of anilines is 2. The van der Waals surface area contributed by atoms with Crippen LogP contribution in [0.4, 0.5) is 11.4 Å². The Hall–Kier alpha value is -4.26. The SMILES string of the molecule is COc1ccccc1OC(C)C(=O)Nc1c(C(=O)Nc2ccc(C)cc2)oc2ccccc12. The van der Waals surface area contributed by atoms with E-state index in [9.17, 15) is 9.59 Å². The molecule has 0 radical (unpaired) electrons. The lowest BCUT2D eigenvalue weighted by Crippen LogP contribution is -2.31. The number of carbonyl (C=O) groups excluding carboxylic acids is 2. The Labute approximate surface area is 191 Å².